The number of aromatic nitrogens is 4. The number of carbonyl (C=O) groups excluding carboxylic acids is 1. The van der Waals surface area contributed by atoms with E-state index in [1.165, 1.54) is 24.6 Å². The number of benzene rings is 1. The number of hydrogen-bond acceptors (Lipinski definition) is 5. The van der Waals surface area contributed by atoms with Crippen molar-refractivity contribution in [1.82, 2.24) is 20.2 Å². The summed E-state index contributed by atoms with van der Waals surface area (Å²) < 4.78 is 1.88. The van der Waals surface area contributed by atoms with E-state index >= 15 is 0 Å². The van der Waals surface area contributed by atoms with Crippen LogP contribution in [0.15, 0.2) is 48.1 Å². The number of rotatable bonds is 7. The van der Waals surface area contributed by atoms with Crippen molar-refractivity contribution in [2.45, 2.75) is 36.9 Å². The largest absolute Gasteiger partial charge is 0.308 e. The van der Waals surface area contributed by atoms with Gasteiger partial charge in [-0.05, 0) is 35.4 Å². The van der Waals surface area contributed by atoms with Gasteiger partial charge >= 0.3 is 0 Å². The fraction of sp³-hybridized carbons (Fsp3) is 0.412. The summed E-state index contributed by atoms with van der Waals surface area (Å²) in [5.74, 6) is 0.322. The van der Waals surface area contributed by atoms with Crippen LogP contribution in [0.25, 0.3) is 0 Å². The predicted molar refractivity (Wildman–Crippen MR) is 95.0 cm³/mol. The van der Waals surface area contributed by atoms with Gasteiger partial charge in [-0.2, -0.15) is 0 Å². The molecule has 0 unspecified atom stereocenters. The molecule has 0 atom stereocenters. The van der Waals surface area contributed by atoms with Crippen LogP contribution < -0.4 is 4.90 Å². The number of carbonyl (C=O) groups is 1. The topological polar surface area (TPSA) is 63.9 Å². The molecule has 0 spiro atoms. The number of thioether (sulfide) groups is 1. The van der Waals surface area contributed by atoms with E-state index in [1.807, 2.05) is 35.0 Å². The quantitative estimate of drug-likeness (QED) is 0.571. The summed E-state index contributed by atoms with van der Waals surface area (Å²) in [6, 6.07) is 10.0. The number of anilines is 1. The lowest BCUT2D eigenvalue weighted by molar-refractivity contribution is -0.116. The molecule has 1 amide bonds. The first-order chi connectivity index (χ1) is 11.8. The van der Waals surface area contributed by atoms with E-state index in [0.717, 1.165) is 23.7 Å². The molecule has 0 radical (unpaired) electrons. The standard InChI is InChI=1S/C17H21N5OS/c1-2-12-21(14-8-4-3-5-9-14)16(23)13-24-17-18-19-20-22(17)15-10-6-7-11-15/h2-5,8-9,15H,1,6-7,10-13H2. The van der Waals surface area contributed by atoms with Gasteiger partial charge in [-0.3, -0.25) is 4.79 Å². The minimum atomic E-state index is 0.0204. The third-order valence-corrected chi connectivity index (χ3v) is 5.06. The van der Waals surface area contributed by atoms with E-state index in [2.05, 4.69) is 22.1 Å². The number of nitrogens with zero attached hydrogens (tertiary/aromatic N) is 5. The molecule has 3 rings (SSSR count). The first-order valence-electron chi connectivity index (χ1n) is 8.16. The fourth-order valence-corrected chi connectivity index (χ4v) is 3.77. The smallest absolute Gasteiger partial charge is 0.237 e. The van der Waals surface area contributed by atoms with Gasteiger partial charge in [0.15, 0.2) is 0 Å². The maximum atomic E-state index is 12.6. The Kier molecular flexibility index (Phi) is 5.63. The van der Waals surface area contributed by atoms with E-state index < -0.39 is 0 Å². The van der Waals surface area contributed by atoms with Crippen molar-refractivity contribution in [3.05, 3.63) is 43.0 Å². The predicted octanol–water partition coefficient (Wildman–Crippen LogP) is 3.10. The van der Waals surface area contributed by atoms with Crippen LogP contribution in [0.3, 0.4) is 0 Å². The van der Waals surface area contributed by atoms with Gasteiger partial charge in [-0.25, -0.2) is 4.68 Å². The molecule has 0 saturated heterocycles. The summed E-state index contributed by atoms with van der Waals surface area (Å²) in [6.45, 7) is 4.23. The zero-order valence-electron chi connectivity index (χ0n) is 13.5. The van der Waals surface area contributed by atoms with Crippen molar-refractivity contribution in [2.24, 2.45) is 0 Å². The average molecular weight is 343 g/mol. The molecule has 1 aliphatic rings. The Morgan fingerprint density at radius 3 is 2.79 bits per heavy atom. The Morgan fingerprint density at radius 2 is 2.08 bits per heavy atom. The van der Waals surface area contributed by atoms with Gasteiger partial charge in [0.25, 0.3) is 0 Å². The summed E-state index contributed by atoms with van der Waals surface area (Å²) in [4.78, 5) is 14.4. The summed E-state index contributed by atoms with van der Waals surface area (Å²) in [5.41, 5.74) is 0.874. The van der Waals surface area contributed by atoms with Crippen LogP contribution in [0.4, 0.5) is 5.69 Å². The molecule has 1 saturated carbocycles. The number of hydrogen-bond donors (Lipinski definition) is 0. The van der Waals surface area contributed by atoms with Crippen molar-refractivity contribution >= 4 is 23.4 Å². The van der Waals surface area contributed by atoms with Gasteiger partial charge in [0.1, 0.15) is 0 Å². The Bertz CT molecular complexity index is 681. The van der Waals surface area contributed by atoms with Gasteiger partial charge in [0.05, 0.1) is 11.8 Å². The second-order valence-corrected chi connectivity index (χ2v) is 6.70. The molecule has 24 heavy (non-hydrogen) atoms. The van der Waals surface area contributed by atoms with Gasteiger partial charge in [-0.1, -0.05) is 48.9 Å². The monoisotopic (exact) mass is 343 g/mol. The Morgan fingerprint density at radius 1 is 1.33 bits per heavy atom. The third kappa shape index (κ3) is 3.84. The van der Waals surface area contributed by atoms with Crippen LogP contribution in [0.1, 0.15) is 31.7 Å². The number of para-hydroxylation sites is 1. The van der Waals surface area contributed by atoms with E-state index in [9.17, 15) is 4.79 Å². The van der Waals surface area contributed by atoms with E-state index in [4.69, 9.17) is 0 Å². The van der Waals surface area contributed by atoms with E-state index in [1.54, 1.807) is 11.0 Å². The lowest BCUT2D eigenvalue weighted by Gasteiger charge is -2.21. The summed E-state index contributed by atoms with van der Waals surface area (Å²) in [6.07, 6.45) is 6.39. The van der Waals surface area contributed by atoms with Crippen molar-refractivity contribution in [3.63, 3.8) is 0 Å². The van der Waals surface area contributed by atoms with E-state index in [-0.39, 0.29) is 5.91 Å². The van der Waals surface area contributed by atoms with Crippen molar-refractivity contribution in [3.8, 4) is 0 Å². The molecule has 1 aromatic carbocycles. The molecule has 6 nitrogen and oxygen atoms in total. The summed E-state index contributed by atoms with van der Waals surface area (Å²) in [7, 11) is 0. The molecule has 126 valence electrons. The molecule has 1 aliphatic carbocycles. The van der Waals surface area contributed by atoms with Gasteiger partial charge in [0, 0.05) is 12.2 Å². The second-order valence-electron chi connectivity index (χ2n) is 5.76. The van der Waals surface area contributed by atoms with Crippen LogP contribution in [0.5, 0.6) is 0 Å². The lowest BCUT2D eigenvalue weighted by Crippen LogP contribution is -2.32. The normalized spacial score (nSPS) is 14.7. The molecule has 7 heteroatoms. The number of amides is 1. The highest BCUT2D eigenvalue weighted by molar-refractivity contribution is 7.99. The molecule has 1 aromatic heterocycles. The summed E-state index contributed by atoms with van der Waals surface area (Å²) >= 11 is 1.40. The SMILES string of the molecule is C=CCN(C(=O)CSc1nnnn1C1CCCC1)c1ccccc1. The molecular weight excluding hydrogens is 322 g/mol. The Labute approximate surface area is 145 Å². The minimum Gasteiger partial charge on any atom is -0.308 e. The van der Waals surface area contributed by atoms with Crippen LogP contribution in [0, 0.1) is 0 Å². The first-order valence-corrected chi connectivity index (χ1v) is 9.15. The van der Waals surface area contributed by atoms with Crippen molar-refractivity contribution in [1.29, 1.82) is 0 Å². The van der Waals surface area contributed by atoms with Crippen LogP contribution >= 0.6 is 11.8 Å². The third-order valence-electron chi connectivity index (χ3n) is 4.14. The molecule has 0 bridgehead atoms. The Hall–Kier alpha value is -2.15. The molecule has 1 heterocycles. The lowest BCUT2D eigenvalue weighted by atomic mass is 10.3. The molecular formula is C17H21N5OS. The van der Waals surface area contributed by atoms with Crippen LogP contribution in [-0.2, 0) is 4.79 Å². The second kappa shape index (κ2) is 8.10. The number of tetrazole rings is 1. The zero-order valence-corrected chi connectivity index (χ0v) is 14.4. The fourth-order valence-electron chi connectivity index (χ4n) is 2.95. The first kappa shape index (κ1) is 16.7. The molecule has 0 N–H and O–H groups in total. The van der Waals surface area contributed by atoms with Gasteiger partial charge in [0.2, 0.25) is 11.1 Å². The zero-order chi connectivity index (χ0) is 16.8. The van der Waals surface area contributed by atoms with E-state index in [0.29, 0.717) is 18.3 Å². The minimum absolute atomic E-state index is 0.0204. The van der Waals surface area contributed by atoms with Gasteiger partial charge in [-0.15, -0.1) is 11.7 Å². The molecule has 0 aliphatic heterocycles. The highest BCUT2D eigenvalue weighted by Gasteiger charge is 2.23. The van der Waals surface area contributed by atoms with Crippen LogP contribution in [-0.4, -0.2) is 38.4 Å². The summed E-state index contributed by atoms with van der Waals surface area (Å²) in [5, 5.41) is 12.7. The Balaban J connectivity index is 1.66. The van der Waals surface area contributed by atoms with Crippen molar-refractivity contribution in [2.75, 3.05) is 17.2 Å². The maximum absolute atomic E-state index is 12.6. The van der Waals surface area contributed by atoms with Crippen molar-refractivity contribution < 1.29 is 4.79 Å². The molecule has 1 fully saturated rings. The highest BCUT2D eigenvalue weighted by atomic mass is 32.2. The highest BCUT2D eigenvalue weighted by Crippen LogP contribution is 2.31. The average Bonchev–Trinajstić information content (AvgIpc) is 3.29. The molecule has 2 aromatic rings. The van der Waals surface area contributed by atoms with Gasteiger partial charge < -0.3 is 4.90 Å². The van der Waals surface area contributed by atoms with Crippen LogP contribution in [0.2, 0.25) is 0 Å². The maximum Gasteiger partial charge on any atom is 0.237 e.